The Hall–Kier alpha value is -2.85. The standard InChI is InChI=1S/C20H11Cl2N3O2S/c21-15-5-4-13(7-16(15)22)14-10-28-18-17(14)19(26)25(20(27)24-18)9-12-3-1-2-11(6-12)8-23/h1-7,10H,9H2,(H,24,27). The van der Waals surface area contributed by atoms with Crippen molar-refractivity contribution in [1.29, 1.82) is 5.26 Å². The average molecular weight is 428 g/mol. The van der Waals surface area contributed by atoms with E-state index in [0.717, 1.165) is 10.1 Å². The predicted molar refractivity (Wildman–Crippen MR) is 112 cm³/mol. The Labute approximate surface area is 173 Å². The topological polar surface area (TPSA) is 78.7 Å². The first kappa shape index (κ1) is 18.5. The molecule has 0 spiro atoms. The summed E-state index contributed by atoms with van der Waals surface area (Å²) in [7, 11) is 0. The molecule has 28 heavy (non-hydrogen) atoms. The normalized spacial score (nSPS) is 10.9. The lowest BCUT2D eigenvalue weighted by Gasteiger charge is -2.07. The first-order valence-electron chi connectivity index (χ1n) is 8.16. The summed E-state index contributed by atoms with van der Waals surface area (Å²) < 4.78 is 1.13. The van der Waals surface area contributed by atoms with Crippen LogP contribution in [-0.4, -0.2) is 9.55 Å². The van der Waals surface area contributed by atoms with Gasteiger partial charge in [-0.15, -0.1) is 11.3 Å². The Balaban J connectivity index is 1.89. The SMILES string of the molecule is N#Cc1cccc(Cn2c(=O)[nH]c3scc(-c4ccc(Cl)c(Cl)c4)c3c2=O)c1. The van der Waals surface area contributed by atoms with Crippen LogP contribution in [0.1, 0.15) is 11.1 Å². The molecule has 4 rings (SSSR count). The van der Waals surface area contributed by atoms with E-state index in [0.29, 0.717) is 37.0 Å². The van der Waals surface area contributed by atoms with E-state index in [1.807, 2.05) is 5.38 Å². The van der Waals surface area contributed by atoms with Crippen LogP contribution in [0.5, 0.6) is 0 Å². The molecule has 8 heteroatoms. The number of fused-ring (bicyclic) bond motifs is 1. The van der Waals surface area contributed by atoms with Gasteiger partial charge in [-0.2, -0.15) is 5.26 Å². The zero-order valence-corrected chi connectivity index (χ0v) is 16.5. The van der Waals surface area contributed by atoms with Gasteiger partial charge in [-0.3, -0.25) is 14.3 Å². The highest BCUT2D eigenvalue weighted by Crippen LogP contribution is 2.33. The van der Waals surface area contributed by atoms with Gasteiger partial charge in [0.05, 0.1) is 33.6 Å². The van der Waals surface area contributed by atoms with Gasteiger partial charge < -0.3 is 0 Å². The highest BCUT2D eigenvalue weighted by molar-refractivity contribution is 7.17. The maximum atomic E-state index is 13.1. The van der Waals surface area contributed by atoms with Crippen LogP contribution in [0.3, 0.4) is 0 Å². The van der Waals surface area contributed by atoms with Crippen LogP contribution in [-0.2, 0) is 6.54 Å². The number of rotatable bonds is 3. The molecule has 138 valence electrons. The van der Waals surface area contributed by atoms with Crippen LogP contribution in [0.2, 0.25) is 10.0 Å². The lowest BCUT2D eigenvalue weighted by molar-refractivity contribution is 0.713. The Bertz CT molecular complexity index is 1380. The van der Waals surface area contributed by atoms with Crippen LogP contribution in [0.25, 0.3) is 21.3 Å². The molecule has 2 heterocycles. The first-order chi connectivity index (χ1) is 13.5. The second kappa shape index (κ2) is 7.28. The number of aromatic amines is 1. The van der Waals surface area contributed by atoms with Crippen molar-refractivity contribution in [3.63, 3.8) is 0 Å². The van der Waals surface area contributed by atoms with Gasteiger partial charge in [0, 0.05) is 10.9 Å². The lowest BCUT2D eigenvalue weighted by Crippen LogP contribution is -2.35. The molecule has 5 nitrogen and oxygen atoms in total. The van der Waals surface area contributed by atoms with Gasteiger partial charge in [0.1, 0.15) is 4.83 Å². The molecule has 0 saturated carbocycles. The van der Waals surface area contributed by atoms with Crippen molar-refractivity contribution in [2.24, 2.45) is 0 Å². The minimum Gasteiger partial charge on any atom is -0.298 e. The van der Waals surface area contributed by atoms with Gasteiger partial charge in [0.15, 0.2) is 0 Å². The summed E-state index contributed by atoms with van der Waals surface area (Å²) in [6, 6.07) is 14.0. The van der Waals surface area contributed by atoms with Crippen molar-refractivity contribution in [3.05, 3.63) is 89.9 Å². The number of aromatic nitrogens is 2. The van der Waals surface area contributed by atoms with Crippen LogP contribution < -0.4 is 11.2 Å². The molecule has 0 aliphatic rings. The fourth-order valence-electron chi connectivity index (χ4n) is 3.00. The van der Waals surface area contributed by atoms with Crippen molar-refractivity contribution in [1.82, 2.24) is 9.55 Å². The smallest absolute Gasteiger partial charge is 0.298 e. The molecule has 4 aromatic rings. The summed E-state index contributed by atoms with van der Waals surface area (Å²) in [6.45, 7) is 0.0658. The van der Waals surface area contributed by atoms with E-state index in [1.165, 1.54) is 11.3 Å². The van der Waals surface area contributed by atoms with E-state index in [9.17, 15) is 9.59 Å². The maximum Gasteiger partial charge on any atom is 0.329 e. The van der Waals surface area contributed by atoms with E-state index in [4.69, 9.17) is 28.5 Å². The van der Waals surface area contributed by atoms with Gasteiger partial charge in [-0.25, -0.2) is 4.79 Å². The zero-order valence-electron chi connectivity index (χ0n) is 14.2. The molecule has 0 unspecified atom stereocenters. The molecule has 0 amide bonds. The van der Waals surface area contributed by atoms with Gasteiger partial charge in [-0.1, -0.05) is 41.4 Å². The van der Waals surface area contributed by atoms with E-state index < -0.39 is 11.2 Å². The third-order valence-electron chi connectivity index (χ3n) is 4.34. The number of nitriles is 1. The van der Waals surface area contributed by atoms with E-state index in [1.54, 1.807) is 42.5 Å². The molecule has 0 aliphatic heterocycles. The number of H-pyrrole nitrogens is 1. The summed E-state index contributed by atoms with van der Waals surface area (Å²) in [6.07, 6.45) is 0. The van der Waals surface area contributed by atoms with Crippen molar-refractivity contribution in [2.45, 2.75) is 6.54 Å². The Morgan fingerprint density at radius 3 is 2.68 bits per heavy atom. The molecule has 1 N–H and O–H groups in total. The second-order valence-electron chi connectivity index (χ2n) is 6.12. The second-order valence-corrected chi connectivity index (χ2v) is 7.81. The maximum absolute atomic E-state index is 13.1. The minimum absolute atomic E-state index is 0.0658. The lowest BCUT2D eigenvalue weighted by atomic mass is 10.1. The summed E-state index contributed by atoms with van der Waals surface area (Å²) >= 11 is 13.4. The summed E-state index contributed by atoms with van der Waals surface area (Å²) in [5, 5.41) is 12.1. The highest BCUT2D eigenvalue weighted by Gasteiger charge is 2.16. The average Bonchev–Trinajstić information content (AvgIpc) is 3.11. The van der Waals surface area contributed by atoms with E-state index >= 15 is 0 Å². The summed E-state index contributed by atoms with van der Waals surface area (Å²) in [4.78, 5) is 28.9. The molecule has 2 aromatic heterocycles. The summed E-state index contributed by atoms with van der Waals surface area (Å²) in [5.41, 5.74) is 1.68. The minimum atomic E-state index is -0.498. The van der Waals surface area contributed by atoms with Crippen molar-refractivity contribution in [2.75, 3.05) is 0 Å². The zero-order chi connectivity index (χ0) is 19.8. The van der Waals surface area contributed by atoms with Gasteiger partial charge in [0.25, 0.3) is 5.56 Å². The highest BCUT2D eigenvalue weighted by atomic mass is 35.5. The molecule has 0 bridgehead atoms. The number of halogens is 2. The van der Waals surface area contributed by atoms with Gasteiger partial charge in [-0.05, 0) is 35.4 Å². The fourth-order valence-corrected chi connectivity index (χ4v) is 4.24. The van der Waals surface area contributed by atoms with Crippen molar-refractivity contribution >= 4 is 44.8 Å². The quantitative estimate of drug-likeness (QED) is 0.516. The number of nitrogens with one attached hydrogen (secondary N) is 1. The number of hydrogen-bond donors (Lipinski definition) is 1. The third kappa shape index (κ3) is 3.25. The molecule has 0 saturated heterocycles. The Morgan fingerprint density at radius 1 is 1.11 bits per heavy atom. The molecule has 0 fully saturated rings. The number of benzene rings is 2. The first-order valence-corrected chi connectivity index (χ1v) is 9.80. The monoisotopic (exact) mass is 427 g/mol. The van der Waals surface area contributed by atoms with Gasteiger partial charge in [0.2, 0.25) is 0 Å². The Kier molecular flexibility index (Phi) is 4.82. The number of nitrogens with zero attached hydrogens (tertiary/aromatic N) is 2. The van der Waals surface area contributed by atoms with Crippen LogP contribution >= 0.6 is 34.5 Å². The molecule has 2 aromatic carbocycles. The molecule has 0 atom stereocenters. The Morgan fingerprint density at radius 2 is 1.93 bits per heavy atom. The van der Waals surface area contributed by atoms with Crippen LogP contribution in [0, 0.1) is 11.3 Å². The van der Waals surface area contributed by atoms with Crippen molar-refractivity contribution in [3.8, 4) is 17.2 Å². The molecular formula is C20H11Cl2N3O2S. The molecular weight excluding hydrogens is 417 g/mol. The number of hydrogen-bond acceptors (Lipinski definition) is 4. The molecule has 0 radical (unpaired) electrons. The van der Waals surface area contributed by atoms with Crippen LogP contribution in [0.4, 0.5) is 0 Å². The third-order valence-corrected chi connectivity index (χ3v) is 5.98. The fraction of sp³-hybridized carbons (Fsp3) is 0.0500. The predicted octanol–water partition coefficient (Wildman–Crippen LogP) is 4.65. The van der Waals surface area contributed by atoms with E-state index in [-0.39, 0.29) is 6.54 Å². The number of thiophene rings is 1. The largest absolute Gasteiger partial charge is 0.329 e. The van der Waals surface area contributed by atoms with E-state index in [2.05, 4.69) is 11.1 Å². The molecule has 0 aliphatic carbocycles. The van der Waals surface area contributed by atoms with Crippen LogP contribution in [0.15, 0.2) is 57.4 Å². The van der Waals surface area contributed by atoms with Crippen molar-refractivity contribution < 1.29 is 0 Å². The van der Waals surface area contributed by atoms with Gasteiger partial charge >= 0.3 is 5.69 Å². The summed E-state index contributed by atoms with van der Waals surface area (Å²) in [5.74, 6) is 0.